The van der Waals surface area contributed by atoms with Crippen LogP contribution in [0.25, 0.3) is 22.2 Å². The minimum atomic E-state index is 0.815. The first-order valence-electron chi connectivity index (χ1n) is 6.20. The number of benzene rings is 2. The predicted molar refractivity (Wildman–Crippen MR) is 79.4 cm³/mol. The fraction of sp³-hybridized carbons (Fsp3) is 0.125. The molecule has 0 fully saturated rings. The summed E-state index contributed by atoms with van der Waals surface area (Å²) in [6.45, 7) is 2.02. The van der Waals surface area contributed by atoms with Gasteiger partial charge in [0, 0.05) is 22.3 Å². The highest BCUT2D eigenvalue weighted by Crippen LogP contribution is 2.28. The standard InChI is InChI=1S/C16H16N2O/c1-10-7-12-8-15(18-16(12)9-14(10)17)11-3-5-13(19-2)6-4-11/h3-9,18H,17H2,1-2H3. The van der Waals surface area contributed by atoms with Crippen molar-refractivity contribution in [2.45, 2.75) is 6.92 Å². The molecule has 0 aliphatic rings. The topological polar surface area (TPSA) is 51.0 Å². The van der Waals surface area contributed by atoms with Gasteiger partial charge in [0.1, 0.15) is 5.75 Å². The Hall–Kier alpha value is -2.42. The molecule has 0 bridgehead atoms. The molecule has 0 saturated carbocycles. The number of nitrogens with two attached hydrogens (primary N) is 1. The Kier molecular flexibility index (Phi) is 2.67. The maximum Gasteiger partial charge on any atom is 0.118 e. The Labute approximate surface area is 112 Å². The predicted octanol–water partition coefficient (Wildman–Crippen LogP) is 3.73. The van der Waals surface area contributed by atoms with Gasteiger partial charge in [-0.15, -0.1) is 0 Å². The number of hydrogen-bond donors (Lipinski definition) is 2. The van der Waals surface area contributed by atoms with E-state index in [1.165, 1.54) is 5.39 Å². The summed E-state index contributed by atoms with van der Waals surface area (Å²) >= 11 is 0. The molecule has 0 aliphatic heterocycles. The van der Waals surface area contributed by atoms with E-state index in [2.05, 4.69) is 17.1 Å². The molecule has 0 saturated heterocycles. The van der Waals surface area contributed by atoms with Crippen molar-refractivity contribution in [3.05, 3.63) is 48.0 Å². The third-order valence-corrected chi connectivity index (χ3v) is 3.41. The van der Waals surface area contributed by atoms with Crippen LogP contribution in [0.1, 0.15) is 5.56 Å². The zero-order valence-electron chi connectivity index (χ0n) is 11.0. The maximum absolute atomic E-state index is 5.94. The smallest absolute Gasteiger partial charge is 0.118 e. The highest BCUT2D eigenvalue weighted by Gasteiger charge is 2.05. The highest BCUT2D eigenvalue weighted by atomic mass is 16.5. The van der Waals surface area contributed by atoms with Gasteiger partial charge in [-0.05, 0) is 60.5 Å². The lowest BCUT2D eigenvalue weighted by Crippen LogP contribution is -1.88. The number of aromatic nitrogens is 1. The molecular formula is C16H16N2O. The fourth-order valence-electron chi connectivity index (χ4n) is 2.24. The molecule has 1 aromatic heterocycles. The van der Waals surface area contributed by atoms with Gasteiger partial charge in [0.05, 0.1) is 7.11 Å². The van der Waals surface area contributed by atoms with Crippen LogP contribution in [-0.4, -0.2) is 12.1 Å². The first-order chi connectivity index (χ1) is 9.17. The molecule has 0 unspecified atom stereocenters. The molecule has 3 heteroatoms. The minimum absolute atomic E-state index is 0.815. The number of fused-ring (bicyclic) bond motifs is 1. The Balaban J connectivity index is 2.09. The van der Waals surface area contributed by atoms with Crippen LogP contribution in [0.15, 0.2) is 42.5 Å². The van der Waals surface area contributed by atoms with Crippen molar-refractivity contribution in [3.63, 3.8) is 0 Å². The monoisotopic (exact) mass is 252 g/mol. The molecule has 3 rings (SSSR count). The number of H-pyrrole nitrogens is 1. The minimum Gasteiger partial charge on any atom is -0.497 e. The second kappa shape index (κ2) is 4.35. The van der Waals surface area contributed by atoms with Gasteiger partial charge in [-0.25, -0.2) is 0 Å². The molecule has 0 spiro atoms. The molecule has 96 valence electrons. The molecule has 0 atom stereocenters. The second-order valence-corrected chi connectivity index (χ2v) is 4.71. The van der Waals surface area contributed by atoms with Gasteiger partial charge in [-0.1, -0.05) is 0 Å². The van der Waals surface area contributed by atoms with Crippen LogP contribution in [0.2, 0.25) is 0 Å². The molecule has 3 N–H and O–H groups in total. The average Bonchev–Trinajstić information content (AvgIpc) is 2.82. The van der Waals surface area contributed by atoms with Crippen LogP contribution in [0.4, 0.5) is 5.69 Å². The zero-order valence-corrected chi connectivity index (χ0v) is 11.0. The fourth-order valence-corrected chi connectivity index (χ4v) is 2.24. The van der Waals surface area contributed by atoms with E-state index in [-0.39, 0.29) is 0 Å². The SMILES string of the molecule is COc1ccc(-c2cc3cc(C)c(N)cc3[nH]2)cc1. The Morgan fingerprint density at radius 2 is 1.79 bits per heavy atom. The quantitative estimate of drug-likeness (QED) is 0.683. The molecular weight excluding hydrogens is 236 g/mol. The van der Waals surface area contributed by atoms with E-state index in [1.54, 1.807) is 7.11 Å². The molecule has 1 heterocycles. The number of methoxy groups -OCH3 is 1. The van der Waals surface area contributed by atoms with Crippen LogP contribution in [0.3, 0.4) is 0 Å². The van der Waals surface area contributed by atoms with Gasteiger partial charge in [0.2, 0.25) is 0 Å². The van der Waals surface area contributed by atoms with Gasteiger partial charge in [0.15, 0.2) is 0 Å². The van der Waals surface area contributed by atoms with E-state index in [0.29, 0.717) is 0 Å². The lowest BCUT2D eigenvalue weighted by Gasteiger charge is -2.01. The summed E-state index contributed by atoms with van der Waals surface area (Å²) in [6, 6.07) is 14.2. The van der Waals surface area contributed by atoms with Crippen molar-refractivity contribution in [1.29, 1.82) is 0 Å². The molecule has 0 radical (unpaired) electrons. The van der Waals surface area contributed by atoms with Crippen LogP contribution in [-0.2, 0) is 0 Å². The molecule has 3 nitrogen and oxygen atoms in total. The van der Waals surface area contributed by atoms with Gasteiger partial charge < -0.3 is 15.5 Å². The number of aryl methyl sites for hydroxylation is 1. The Morgan fingerprint density at radius 3 is 2.47 bits per heavy atom. The highest BCUT2D eigenvalue weighted by molar-refractivity contribution is 5.89. The average molecular weight is 252 g/mol. The maximum atomic E-state index is 5.94. The number of rotatable bonds is 2. The van der Waals surface area contributed by atoms with Gasteiger partial charge in [-0.2, -0.15) is 0 Å². The van der Waals surface area contributed by atoms with Crippen LogP contribution in [0, 0.1) is 6.92 Å². The van der Waals surface area contributed by atoms with Gasteiger partial charge in [-0.3, -0.25) is 0 Å². The molecule has 3 aromatic rings. The Bertz CT molecular complexity index is 687. The first kappa shape index (κ1) is 11.7. The molecule has 2 aromatic carbocycles. The van der Waals surface area contributed by atoms with E-state index in [0.717, 1.165) is 33.8 Å². The normalized spacial score (nSPS) is 10.8. The van der Waals surface area contributed by atoms with Crippen molar-refractivity contribution in [3.8, 4) is 17.0 Å². The van der Waals surface area contributed by atoms with E-state index in [1.807, 2.05) is 37.3 Å². The first-order valence-corrected chi connectivity index (χ1v) is 6.20. The lowest BCUT2D eigenvalue weighted by atomic mass is 10.1. The van der Waals surface area contributed by atoms with Gasteiger partial charge >= 0.3 is 0 Å². The second-order valence-electron chi connectivity index (χ2n) is 4.71. The van der Waals surface area contributed by atoms with Crippen molar-refractivity contribution in [2.75, 3.05) is 12.8 Å². The lowest BCUT2D eigenvalue weighted by molar-refractivity contribution is 0.415. The molecule has 0 aliphatic carbocycles. The van der Waals surface area contributed by atoms with Crippen LogP contribution >= 0.6 is 0 Å². The number of nitrogen functional groups attached to an aromatic ring is 1. The van der Waals surface area contributed by atoms with Crippen molar-refractivity contribution < 1.29 is 4.74 Å². The van der Waals surface area contributed by atoms with E-state index >= 15 is 0 Å². The summed E-state index contributed by atoms with van der Waals surface area (Å²) in [5.74, 6) is 0.861. The van der Waals surface area contributed by atoms with E-state index < -0.39 is 0 Å². The summed E-state index contributed by atoms with van der Waals surface area (Å²) in [7, 11) is 1.67. The summed E-state index contributed by atoms with van der Waals surface area (Å²) in [5.41, 5.74) is 11.1. The summed E-state index contributed by atoms with van der Waals surface area (Å²) in [4.78, 5) is 3.40. The third-order valence-electron chi connectivity index (χ3n) is 3.41. The summed E-state index contributed by atoms with van der Waals surface area (Å²) in [6.07, 6.45) is 0. The van der Waals surface area contributed by atoms with Gasteiger partial charge in [0.25, 0.3) is 0 Å². The zero-order chi connectivity index (χ0) is 13.4. The number of anilines is 1. The number of ether oxygens (including phenoxy) is 1. The number of nitrogens with one attached hydrogen (secondary N) is 1. The van der Waals surface area contributed by atoms with Crippen molar-refractivity contribution in [2.24, 2.45) is 0 Å². The molecule has 0 amide bonds. The Morgan fingerprint density at radius 1 is 1.05 bits per heavy atom. The van der Waals surface area contributed by atoms with E-state index in [9.17, 15) is 0 Å². The van der Waals surface area contributed by atoms with Crippen LogP contribution < -0.4 is 10.5 Å². The third kappa shape index (κ3) is 2.03. The van der Waals surface area contributed by atoms with Crippen LogP contribution in [0.5, 0.6) is 5.75 Å². The summed E-state index contributed by atoms with van der Waals surface area (Å²) < 4.78 is 5.17. The summed E-state index contributed by atoms with van der Waals surface area (Å²) in [5, 5.41) is 1.18. The molecule has 19 heavy (non-hydrogen) atoms. The number of hydrogen-bond acceptors (Lipinski definition) is 2. The number of aromatic amines is 1. The van der Waals surface area contributed by atoms with Crippen molar-refractivity contribution >= 4 is 16.6 Å². The van der Waals surface area contributed by atoms with Crippen molar-refractivity contribution in [1.82, 2.24) is 4.98 Å². The largest absolute Gasteiger partial charge is 0.497 e. The van der Waals surface area contributed by atoms with E-state index in [4.69, 9.17) is 10.5 Å².